The number of imidazole rings is 1. The van der Waals surface area contributed by atoms with Crippen molar-refractivity contribution in [3.8, 4) is 11.3 Å². The smallest absolute Gasteiger partial charge is 0.211 e. The Labute approximate surface area is 138 Å². The SMILES string of the molecule is Clc1ccc(-c2cc3nccn3c(N3CCCC3)n2)c(Cl)c1. The molecule has 1 aromatic carbocycles. The average Bonchev–Trinajstić information content (AvgIpc) is 3.17. The topological polar surface area (TPSA) is 33.4 Å². The van der Waals surface area contributed by atoms with Crippen LogP contribution < -0.4 is 4.90 Å². The third kappa shape index (κ3) is 2.32. The highest BCUT2D eigenvalue weighted by molar-refractivity contribution is 6.36. The molecule has 4 nitrogen and oxygen atoms in total. The number of nitrogens with zero attached hydrogens (tertiary/aromatic N) is 4. The molecule has 1 aliphatic rings. The molecule has 0 aliphatic carbocycles. The van der Waals surface area contributed by atoms with Crippen LogP contribution in [0.1, 0.15) is 12.8 Å². The minimum atomic E-state index is 0.600. The molecule has 3 aromatic rings. The predicted molar refractivity (Wildman–Crippen MR) is 89.9 cm³/mol. The van der Waals surface area contributed by atoms with E-state index in [0.717, 1.165) is 35.9 Å². The third-order valence-electron chi connectivity index (χ3n) is 3.97. The molecule has 4 rings (SSSR count). The zero-order valence-corrected chi connectivity index (χ0v) is 13.3. The number of fused-ring (bicyclic) bond motifs is 1. The van der Waals surface area contributed by atoms with E-state index in [-0.39, 0.29) is 0 Å². The molecule has 0 atom stereocenters. The molecule has 0 spiro atoms. The fraction of sp³-hybridized carbons (Fsp3) is 0.250. The van der Waals surface area contributed by atoms with Crippen LogP contribution in [0.5, 0.6) is 0 Å². The first-order valence-electron chi connectivity index (χ1n) is 7.27. The monoisotopic (exact) mass is 332 g/mol. The molecule has 1 fully saturated rings. The number of hydrogen-bond acceptors (Lipinski definition) is 3. The first-order chi connectivity index (χ1) is 10.7. The van der Waals surface area contributed by atoms with Crippen molar-refractivity contribution in [1.29, 1.82) is 0 Å². The molecule has 22 heavy (non-hydrogen) atoms. The van der Waals surface area contributed by atoms with Gasteiger partial charge in [0.15, 0.2) is 0 Å². The lowest BCUT2D eigenvalue weighted by molar-refractivity contribution is 0.879. The summed E-state index contributed by atoms with van der Waals surface area (Å²) >= 11 is 12.3. The van der Waals surface area contributed by atoms with Crippen LogP contribution in [0.15, 0.2) is 36.7 Å². The zero-order valence-electron chi connectivity index (χ0n) is 11.8. The van der Waals surface area contributed by atoms with Gasteiger partial charge in [-0.1, -0.05) is 23.2 Å². The number of halogens is 2. The summed E-state index contributed by atoms with van der Waals surface area (Å²) < 4.78 is 2.03. The Morgan fingerprint density at radius 1 is 1.05 bits per heavy atom. The number of rotatable bonds is 2. The fourth-order valence-corrected chi connectivity index (χ4v) is 3.39. The molecule has 3 heterocycles. The molecule has 0 unspecified atom stereocenters. The summed E-state index contributed by atoms with van der Waals surface area (Å²) in [6, 6.07) is 7.43. The Morgan fingerprint density at radius 2 is 1.86 bits per heavy atom. The third-order valence-corrected chi connectivity index (χ3v) is 4.51. The quantitative estimate of drug-likeness (QED) is 0.701. The summed E-state index contributed by atoms with van der Waals surface area (Å²) in [6.45, 7) is 2.05. The second kappa shape index (κ2) is 5.45. The number of anilines is 1. The van der Waals surface area contributed by atoms with Crippen LogP contribution in [-0.2, 0) is 0 Å². The van der Waals surface area contributed by atoms with Crippen molar-refractivity contribution >= 4 is 34.8 Å². The number of hydrogen-bond donors (Lipinski definition) is 0. The molecule has 1 saturated heterocycles. The normalized spacial score (nSPS) is 14.9. The van der Waals surface area contributed by atoms with Gasteiger partial charge in [-0.15, -0.1) is 0 Å². The fourth-order valence-electron chi connectivity index (χ4n) is 2.88. The summed E-state index contributed by atoms with van der Waals surface area (Å²) in [4.78, 5) is 11.5. The Morgan fingerprint density at radius 3 is 2.64 bits per heavy atom. The Bertz CT molecular complexity index is 837. The average molecular weight is 333 g/mol. The second-order valence-corrected chi connectivity index (χ2v) is 6.26. The van der Waals surface area contributed by atoms with E-state index in [1.807, 2.05) is 28.8 Å². The van der Waals surface area contributed by atoms with Crippen LogP contribution in [0.3, 0.4) is 0 Å². The molecular weight excluding hydrogens is 319 g/mol. The van der Waals surface area contributed by atoms with Crippen molar-refractivity contribution in [2.45, 2.75) is 12.8 Å². The van der Waals surface area contributed by atoms with Crippen molar-refractivity contribution in [2.75, 3.05) is 18.0 Å². The maximum atomic E-state index is 6.34. The van der Waals surface area contributed by atoms with Crippen LogP contribution in [0.4, 0.5) is 5.95 Å². The van der Waals surface area contributed by atoms with Crippen LogP contribution in [0, 0.1) is 0 Å². The summed E-state index contributed by atoms with van der Waals surface area (Å²) in [6.07, 6.45) is 6.14. The maximum absolute atomic E-state index is 6.34. The zero-order chi connectivity index (χ0) is 15.1. The van der Waals surface area contributed by atoms with E-state index in [9.17, 15) is 0 Å². The number of aromatic nitrogens is 3. The molecule has 0 N–H and O–H groups in total. The maximum Gasteiger partial charge on any atom is 0.211 e. The van der Waals surface area contributed by atoms with Gasteiger partial charge in [-0.2, -0.15) is 0 Å². The molecule has 112 valence electrons. The predicted octanol–water partition coefficient (Wildman–Crippen LogP) is 4.30. The highest BCUT2D eigenvalue weighted by Crippen LogP contribution is 2.31. The van der Waals surface area contributed by atoms with Gasteiger partial charge >= 0.3 is 0 Å². The van der Waals surface area contributed by atoms with E-state index in [0.29, 0.717) is 10.0 Å². The molecular formula is C16H14Cl2N4. The number of benzene rings is 1. The lowest BCUT2D eigenvalue weighted by Crippen LogP contribution is -2.22. The Kier molecular flexibility index (Phi) is 3.43. The van der Waals surface area contributed by atoms with E-state index >= 15 is 0 Å². The van der Waals surface area contributed by atoms with E-state index in [1.165, 1.54) is 12.8 Å². The van der Waals surface area contributed by atoms with E-state index in [4.69, 9.17) is 28.2 Å². The van der Waals surface area contributed by atoms with Gasteiger partial charge < -0.3 is 4.90 Å². The van der Waals surface area contributed by atoms with Gasteiger partial charge in [-0.3, -0.25) is 4.40 Å². The molecule has 2 aromatic heterocycles. The summed E-state index contributed by atoms with van der Waals surface area (Å²) in [5, 5.41) is 1.22. The van der Waals surface area contributed by atoms with Crippen molar-refractivity contribution in [1.82, 2.24) is 14.4 Å². The van der Waals surface area contributed by atoms with E-state index < -0.39 is 0 Å². The molecule has 0 bridgehead atoms. The minimum Gasteiger partial charge on any atom is -0.342 e. The molecule has 0 saturated carbocycles. The van der Waals surface area contributed by atoms with Crippen LogP contribution in [0.2, 0.25) is 10.0 Å². The van der Waals surface area contributed by atoms with Gasteiger partial charge in [0.25, 0.3) is 0 Å². The van der Waals surface area contributed by atoms with Crippen LogP contribution in [-0.4, -0.2) is 27.5 Å². The van der Waals surface area contributed by atoms with Crippen molar-refractivity contribution < 1.29 is 0 Å². The first kappa shape index (κ1) is 13.9. The van der Waals surface area contributed by atoms with E-state index in [2.05, 4.69) is 9.88 Å². The summed E-state index contributed by atoms with van der Waals surface area (Å²) in [5.41, 5.74) is 2.57. The van der Waals surface area contributed by atoms with Crippen molar-refractivity contribution in [2.24, 2.45) is 0 Å². The second-order valence-electron chi connectivity index (χ2n) is 5.42. The largest absolute Gasteiger partial charge is 0.342 e. The lowest BCUT2D eigenvalue weighted by atomic mass is 10.1. The van der Waals surface area contributed by atoms with Gasteiger partial charge in [0.05, 0.1) is 10.7 Å². The Balaban J connectivity index is 1.91. The highest BCUT2D eigenvalue weighted by Gasteiger charge is 2.19. The standard InChI is InChI=1S/C16H14Cl2N4/c17-11-3-4-12(13(18)9-11)14-10-15-19-5-8-22(15)16(20-14)21-6-1-2-7-21/h3-5,8-10H,1-2,6-7H2. The van der Waals surface area contributed by atoms with Gasteiger partial charge in [-0.25, -0.2) is 9.97 Å². The molecule has 0 radical (unpaired) electrons. The molecule has 0 amide bonds. The molecule has 1 aliphatic heterocycles. The summed E-state index contributed by atoms with van der Waals surface area (Å²) in [7, 11) is 0. The van der Waals surface area contributed by atoms with Gasteiger partial charge in [0, 0.05) is 42.1 Å². The van der Waals surface area contributed by atoms with E-state index in [1.54, 1.807) is 12.3 Å². The van der Waals surface area contributed by atoms with Gasteiger partial charge in [0.2, 0.25) is 5.95 Å². The first-order valence-corrected chi connectivity index (χ1v) is 8.02. The van der Waals surface area contributed by atoms with Gasteiger partial charge in [-0.05, 0) is 31.0 Å². The molecule has 6 heteroatoms. The Hall–Kier alpha value is -1.78. The minimum absolute atomic E-state index is 0.600. The van der Waals surface area contributed by atoms with Crippen LogP contribution in [0.25, 0.3) is 16.9 Å². The van der Waals surface area contributed by atoms with Crippen molar-refractivity contribution in [3.05, 3.63) is 46.7 Å². The van der Waals surface area contributed by atoms with Crippen molar-refractivity contribution in [3.63, 3.8) is 0 Å². The lowest BCUT2D eigenvalue weighted by Gasteiger charge is -2.19. The van der Waals surface area contributed by atoms with Gasteiger partial charge in [0.1, 0.15) is 5.65 Å². The highest BCUT2D eigenvalue weighted by atomic mass is 35.5. The van der Waals surface area contributed by atoms with Crippen LogP contribution >= 0.6 is 23.2 Å². The summed E-state index contributed by atoms with van der Waals surface area (Å²) in [5.74, 6) is 0.925.